The van der Waals surface area contributed by atoms with Gasteiger partial charge >= 0.3 is 0 Å². The Hall–Kier alpha value is -0.880. The summed E-state index contributed by atoms with van der Waals surface area (Å²) < 4.78 is 0.649. The van der Waals surface area contributed by atoms with E-state index in [-0.39, 0.29) is 5.91 Å². The SMILES string of the molecule is O=C1/C(=C/c2ccc(Cl)cc2)SC(=S)N1CN1CCCCC1. The molecule has 0 radical (unpaired) electrons. The molecule has 0 atom stereocenters. The van der Waals surface area contributed by atoms with E-state index in [1.807, 2.05) is 30.3 Å². The summed E-state index contributed by atoms with van der Waals surface area (Å²) in [4.78, 5) is 17.3. The lowest BCUT2D eigenvalue weighted by molar-refractivity contribution is -0.123. The molecule has 22 heavy (non-hydrogen) atoms. The Kier molecular flexibility index (Phi) is 5.18. The summed E-state index contributed by atoms with van der Waals surface area (Å²) in [7, 11) is 0. The third-order valence-electron chi connectivity index (χ3n) is 3.83. The zero-order valence-corrected chi connectivity index (χ0v) is 14.5. The van der Waals surface area contributed by atoms with E-state index in [1.54, 1.807) is 4.90 Å². The van der Waals surface area contributed by atoms with Gasteiger partial charge in [0.2, 0.25) is 0 Å². The molecule has 2 saturated heterocycles. The quantitative estimate of drug-likeness (QED) is 0.606. The Morgan fingerprint density at radius 2 is 1.86 bits per heavy atom. The van der Waals surface area contributed by atoms with Gasteiger partial charge in [-0.2, -0.15) is 0 Å². The fraction of sp³-hybridized carbons (Fsp3) is 0.375. The first-order valence-corrected chi connectivity index (χ1v) is 8.97. The molecule has 1 aromatic rings. The van der Waals surface area contributed by atoms with Gasteiger partial charge in [0.05, 0.1) is 11.6 Å². The van der Waals surface area contributed by atoms with Crippen molar-refractivity contribution in [3.8, 4) is 0 Å². The van der Waals surface area contributed by atoms with Crippen molar-refractivity contribution in [3.05, 3.63) is 39.8 Å². The molecule has 3 nitrogen and oxygen atoms in total. The molecule has 0 unspecified atom stereocenters. The molecule has 1 amide bonds. The van der Waals surface area contributed by atoms with E-state index in [2.05, 4.69) is 4.90 Å². The first-order chi connectivity index (χ1) is 10.6. The number of carbonyl (C=O) groups is 1. The Labute approximate surface area is 145 Å². The average Bonchev–Trinajstić information content (AvgIpc) is 2.78. The minimum atomic E-state index is 0.00974. The predicted molar refractivity (Wildman–Crippen MR) is 96.8 cm³/mol. The first-order valence-electron chi connectivity index (χ1n) is 7.37. The summed E-state index contributed by atoms with van der Waals surface area (Å²) in [5.41, 5.74) is 0.961. The normalized spacial score (nSPS) is 21.9. The highest BCUT2D eigenvalue weighted by atomic mass is 35.5. The standard InChI is InChI=1S/C16H17ClN2OS2/c17-13-6-4-12(5-7-13)10-14-15(20)19(16(21)22-14)11-18-8-2-1-3-9-18/h4-7,10H,1-3,8-9,11H2/b14-10-. The molecule has 1 aromatic carbocycles. The number of thioether (sulfide) groups is 1. The van der Waals surface area contributed by atoms with Gasteiger partial charge in [-0.3, -0.25) is 14.6 Å². The third kappa shape index (κ3) is 3.71. The number of benzene rings is 1. The lowest BCUT2D eigenvalue weighted by Crippen LogP contribution is -2.42. The van der Waals surface area contributed by atoms with Crippen molar-refractivity contribution in [2.24, 2.45) is 0 Å². The minimum absolute atomic E-state index is 0.00974. The number of hydrogen-bond acceptors (Lipinski definition) is 4. The molecule has 0 aliphatic carbocycles. The molecule has 0 bridgehead atoms. The van der Waals surface area contributed by atoms with Gasteiger partial charge in [0.25, 0.3) is 5.91 Å². The molecule has 0 spiro atoms. The van der Waals surface area contributed by atoms with Crippen molar-refractivity contribution in [1.29, 1.82) is 0 Å². The Morgan fingerprint density at radius 1 is 1.18 bits per heavy atom. The molecular formula is C16H17ClN2OS2. The van der Waals surface area contributed by atoms with Gasteiger partial charge in [0.1, 0.15) is 4.32 Å². The number of halogens is 1. The van der Waals surface area contributed by atoms with Gasteiger partial charge in [-0.25, -0.2) is 0 Å². The Balaban J connectivity index is 1.71. The van der Waals surface area contributed by atoms with Crippen molar-refractivity contribution in [1.82, 2.24) is 9.80 Å². The largest absolute Gasteiger partial charge is 0.286 e. The lowest BCUT2D eigenvalue weighted by Gasteiger charge is -2.29. The van der Waals surface area contributed by atoms with Crippen LogP contribution in [0.3, 0.4) is 0 Å². The maximum atomic E-state index is 12.6. The fourth-order valence-electron chi connectivity index (χ4n) is 2.63. The van der Waals surface area contributed by atoms with Gasteiger partial charge < -0.3 is 0 Å². The van der Waals surface area contributed by atoms with Gasteiger partial charge in [-0.05, 0) is 49.7 Å². The predicted octanol–water partition coefficient (Wildman–Crippen LogP) is 3.98. The van der Waals surface area contributed by atoms with Crippen LogP contribution in [0.5, 0.6) is 0 Å². The van der Waals surface area contributed by atoms with Crippen LogP contribution in [0, 0.1) is 0 Å². The second kappa shape index (κ2) is 7.13. The highest BCUT2D eigenvalue weighted by Gasteiger charge is 2.33. The van der Waals surface area contributed by atoms with Gasteiger partial charge in [-0.1, -0.05) is 54.1 Å². The van der Waals surface area contributed by atoms with Crippen LogP contribution in [0.4, 0.5) is 0 Å². The zero-order valence-electron chi connectivity index (χ0n) is 12.1. The van der Waals surface area contributed by atoms with Crippen LogP contribution >= 0.6 is 35.6 Å². The number of thiocarbonyl (C=S) groups is 1. The summed E-state index contributed by atoms with van der Waals surface area (Å²) in [6.07, 6.45) is 5.57. The lowest BCUT2D eigenvalue weighted by atomic mass is 10.1. The number of carbonyl (C=O) groups excluding carboxylic acids is 1. The second-order valence-electron chi connectivity index (χ2n) is 5.48. The van der Waals surface area contributed by atoms with Crippen molar-refractivity contribution in [3.63, 3.8) is 0 Å². The molecule has 2 aliphatic rings. The molecule has 3 rings (SSSR count). The summed E-state index contributed by atoms with van der Waals surface area (Å²) in [5, 5.41) is 0.690. The highest BCUT2D eigenvalue weighted by Crippen LogP contribution is 2.33. The van der Waals surface area contributed by atoms with Gasteiger partial charge in [-0.15, -0.1) is 0 Å². The van der Waals surface area contributed by atoms with E-state index in [0.717, 1.165) is 18.7 Å². The fourth-order valence-corrected chi connectivity index (χ4v) is 4.00. The zero-order chi connectivity index (χ0) is 15.5. The number of piperidine rings is 1. The van der Waals surface area contributed by atoms with E-state index < -0.39 is 0 Å². The number of likely N-dealkylation sites (tertiary alicyclic amines) is 1. The molecule has 2 aliphatic heterocycles. The van der Waals surface area contributed by atoms with Crippen LogP contribution in [0.2, 0.25) is 5.02 Å². The molecule has 2 heterocycles. The van der Waals surface area contributed by atoms with E-state index in [0.29, 0.717) is 20.9 Å². The maximum Gasteiger partial charge on any atom is 0.267 e. The van der Waals surface area contributed by atoms with Crippen molar-refractivity contribution in [2.45, 2.75) is 19.3 Å². The van der Waals surface area contributed by atoms with Crippen LogP contribution in [-0.2, 0) is 4.79 Å². The molecule has 0 N–H and O–H groups in total. The number of hydrogen-bond donors (Lipinski definition) is 0. The topological polar surface area (TPSA) is 23.6 Å². The smallest absolute Gasteiger partial charge is 0.267 e. The summed E-state index contributed by atoms with van der Waals surface area (Å²) >= 11 is 12.6. The molecule has 0 aromatic heterocycles. The average molecular weight is 353 g/mol. The van der Waals surface area contributed by atoms with E-state index in [9.17, 15) is 4.79 Å². The third-order valence-corrected chi connectivity index (χ3v) is 5.46. The Bertz CT molecular complexity index is 609. The molecule has 0 saturated carbocycles. The number of rotatable bonds is 3. The van der Waals surface area contributed by atoms with Crippen LogP contribution in [-0.4, -0.2) is 39.8 Å². The van der Waals surface area contributed by atoms with E-state index >= 15 is 0 Å². The van der Waals surface area contributed by atoms with Gasteiger partial charge in [0, 0.05) is 5.02 Å². The maximum absolute atomic E-state index is 12.6. The summed E-state index contributed by atoms with van der Waals surface area (Å²) in [6.45, 7) is 2.71. The van der Waals surface area contributed by atoms with Crippen LogP contribution < -0.4 is 0 Å². The molecule has 116 valence electrons. The monoisotopic (exact) mass is 352 g/mol. The van der Waals surface area contributed by atoms with Crippen molar-refractivity contribution < 1.29 is 4.79 Å². The summed E-state index contributed by atoms with van der Waals surface area (Å²) in [6, 6.07) is 7.45. The number of nitrogens with zero attached hydrogens (tertiary/aromatic N) is 2. The van der Waals surface area contributed by atoms with E-state index in [4.69, 9.17) is 23.8 Å². The van der Waals surface area contributed by atoms with Crippen molar-refractivity contribution >= 4 is 51.9 Å². The minimum Gasteiger partial charge on any atom is -0.286 e. The highest BCUT2D eigenvalue weighted by molar-refractivity contribution is 8.26. The summed E-state index contributed by atoms with van der Waals surface area (Å²) in [5.74, 6) is 0.00974. The van der Waals surface area contributed by atoms with Crippen LogP contribution in [0.1, 0.15) is 24.8 Å². The van der Waals surface area contributed by atoms with Crippen molar-refractivity contribution in [2.75, 3.05) is 19.8 Å². The van der Waals surface area contributed by atoms with Crippen LogP contribution in [0.25, 0.3) is 6.08 Å². The molecule has 2 fully saturated rings. The van der Waals surface area contributed by atoms with E-state index in [1.165, 1.54) is 31.0 Å². The number of amides is 1. The molecular weight excluding hydrogens is 336 g/mol. The van der Waals surface area contributed by atoms with Crippen LogP contribution in [0.15, 0.2) is 29.2 Å². The first kappa shape index (κ1) is 16.0. The Morgan fingerprint density at radius 3 is 2.55 bits per heavy atom. The second-order valence-corrected chi connectivity index (χ2v) is 7.59. The molecule has 6 heteroatoms. The van der Waals surface area contributed by atoms with Gasteiger partial charge in [0.15, 0.2) is 0 Å².